The third kappa shape index (κ3) is 4.61. The number of halogens is 1. The number of ether oxygens (including phenoxy) is 1. The highest BCUT2D eigenvalue weighted by Crippen LogP contribution is 2.34. The molecule has 1 aromatic carbocycles. The Morgan fingerprint density at radius 2 is 1.92 bits per heavy atom. The summed E-state index contributed by atoms with van der Waals surface area (Å²) < 4.78 is 32.8. The van der Waals surface area contributed by atoms with Crippen molar-refractivity contribution in [2.75, 3.05) is 5.33 Å². The topological polar surface area (TPSA) is 83.9 Å². The molecule has 8 heteroatoms. The van der Waals surface area contributed by atoms with Crippen molar-refractivity contribution in [3.63, 3.8) is 0 Å². The SMILES string of the molecule is CC(C)(C)OC(=O)[C@H]1[C@@H](O)C[C@@H](CCBr)N1S(=O)(=O)c1ccccc1. The van der Waals surface area contributed by atoms with Gasteiger partial charge in [-0.25, -0.2) is 8.42 Å². The number of nitrogens with zero attached hydrogens (tertiary/aromatic N) is 1. The van der Waals surface area contributed by atoms with E-state index in [1.165, 1.54) is 12.1 Å². The van der Waals surface area contributed by atoms with Crippen molar-refractivity contribution < 1.29 is 23.1 Å². The molecule has 25 heavy (non-hydrogen) atoms. The summed E-state index contributed by atoms with van der Waals surface area (Å²) in [5, 5.41) is 11.0. The Kier molecular flexibility index (Phi) is 6.30. The first kappa shape index (κ1) is 20.4. The molecule has 2 rings (SSSR count). The number of carbonyl (C=O) groups excluding carboxylic acids is 1. The lowest BCUT2D eigenvalue weighted by atomic mass is 10.1. The lowest BCUT2D eigenvalue weighted by Gasteiger charge is -2.30. The monoisotopic (exact) mass is 433 g/mol. The molecule has 0 amide bonds. The summed E-state index contributed by atoms with van der Waals surface area (Å²) in [7, 11) is -3.94. The first-order valence-corrected chi connectivity index (χ1v) is 10.7. The third-order valence-electron chi connectivity index (χ3n) is 3.92. The van der Waals surface area contributed by atoms with Crippen LogP contribution in [-0.2, 0) is 19.6 Å². The fraction of sp³-hybridized carbons (Fsp3) is 0.588. The van der Waals surface area contributed by atoms with Gasteiger partial charge >= 0.3 is 5.97 Å². The summed E-state index contributed by atoms with van der Waals surface area (Å²) in [6, 6.07) is 6.22. The highest BCUT2D eigenvalue weighted by molar-refractivity contribution is 9.09. The molecule has 0 spiro atoms. The summed E-state index contributed by atoms with van der Waals surface area (Å²) in [5.41, 5.74) is -0.771. The van der Waals surface area contributed by atoms with Gasteiger partial charge in [0, 0.05) is 11.4 Å². The van der Waals surface area contributed by atoms with E-state index in [4.69, 9.17) is 4.74 Å². The van der Waals surface area contributed by atoms with Gasteiger partial charge in [0.05, 0.1) is 11.0 Å². The number of alkyl halides is 1. The molecule has 0 saturated carbocycles. The average Bonchev–Trinajstić information content (AvgIpc) is 2.84. The molecular formula is C17H24BrNO5S. The van der Waals surface area contributed by atoms with E-state index in [1.807, 2.05) is 0 Å². The number of aliphatic hydroxyl groups excluding tert-OH is 1. The predicted molar refractivity (Wildman–Crippen MR) is 97.9 cm³/mol. The van der Waals surface area contributed by atoms with E-state index in [0.29, 0.717) is 11.8 Å². The lowest BCUT2D eigenvalue weighted by molar-refractivity contribution is -0.161. The largest absolute Gasteiger partial charge is 0.459 e. The summed E-state index contributed by atoms with van der Waals surface area (Å²) in [4.78, 5) is 12.7. The van der Waals surface area contributed by atoms with Crippen LogP contribution in [0.2, 0.25) is 0 Å². The minimum Gasteiger partial charge on any atom is -0.459 e. The van der Waals surface area contributed by atoms with Crippen LogP contribution in [0.15, 0.2) is 35.2 Å². The third-order valence-corrected chi connectivity index (χ3v) is 6.33. The smallest absolute Gasteiger partial charge is 0.327 e. The zero-order valence-electron chi connectivity index (χ0n) is 14.6. The van der Waals surface area contributed by atoms with Crippen LogP contribution in [0.3, 0.4) is 0 Å². The second kappa shape index (κ2) is 7.73. The molecule has 0 unspecified atom stereocenters. The van der Waals surface area contributed by atoms with Crippen LogP contribution in [0.4, 0.5) is 0 Å². The molecule has 1 heterocycles. The quantitative estimate of drug-likeness (QED) is 0.568. The lowest BCUT2D eigenvalue weighted by Crippen LogP contribution is -2.49. The molecule has 140 valence electrons. The van der Waals surface area contributed by atoms with Crippen LogP contribution < -0.4 is 0 Å². The van der Waals surface area contributed by atoms with Crippen molar-refractivity contribution in [3.8, 4) is 0 Å². The molecule has 1 aliphatic rings. The molecule has 1 fully saturated rings. The first-order valence-electron chi connectivity index (χ1n) is 8.13. The average molecular weight is 434 g/mol. The van der Waals surface area contributed by atoms with Gasteiger partial charge in [-0.05, 0) is 45.7 Å². The van der Waals surface area contributed by atoms with Crippen molar-refractivity contribution in [2.24, 2.45) is 0 Å². The summed E-state index contributed by atoms with van der Waals surface area (Å²) in [6.07, 6.45) is -0.415. The second-order valence-electron chi connectivity index (χ2n) is 7.06. The van der Waals surface area contributed by atoms with Crippen LogP contribution in [0.25, 0.3) is 0 Å². The summed E-state index contributed by atoms with van der Waals surface area (Å²) >= 11 is 3.32. The van der Waals surface area contributed by atoms with E-state index in [1.54, 1.807) is 39.0 Å². The zero-order valence-corrected chi connectivity index (χ0v) is 17.0. The molecule has 1 aromatic rings. The number of carbonyl (C=O) groups is 1. The molecular weight excluding hydrogens is 410 g/mol. The Bertz CT molecular complexity index is 701. The van der Waals surface area contributed by atoms with Gasteiger partial charge in [-0.3, -0.25) is 4.79 Å². The van der Waals surface area contributed by atoms with Gasteiger partial charge in [0.25, 0.3) is 0 Å². The van der Waals surface area contributed by atoms with E-state index in [2.05, 4.69) is 15.9 Å². The Hall–Kier alpha value is -0.960. The Balaban J connectivity index is 2.45. The molecule has 0 bridgehead atoms. The maximum absolute atomic E-state index is 13.1. The van der Waals surface area contributed by atoms with Gasteiger partial charge < -0.3 is 9.84 Å². The molecule has 1 aliphatic heterocycles. The van der Waals surface area contributed by atoms with Crippen LogP contribution >= 0.6 is 15.9 Å². The van der Waals surface area contributed by atoms with Gasteiger partial charge in [0.15, 0.2) is 0 Å². The highest BCUT2D eigenvalue weighted by Gasteiger charge is 2.51. The highest BCUT2D eigenvalue weighted by atomic mass is 79.9. The fourth-order valence-electron chi connectivity index (χ4n) is 2.96. The zero-order chi connectivity index (χ0) is 18.8. The molecule has 0 aromatic heterocycles. The van der Waals surface area contributed by atoms with Crippen molar-refractivity contribution in [2.45, 2.75) is 62.3 Å². The molecule has 1 N–H and O–H groups in total. The van der Waals surface area contributed by atoms with E-state index >= 15 is 0 Å². The van der Waals surface area contributed by atoms with Crippen LogP contribution in [0.5, 0.6) is 0 Å². The van der Waals surface area contributed by atoms with Gasteiger partial charge in [-0.2, -0.15) is 4.31 Å². The van der Waals surface area contributed by atoms with E-state index < -0.39 is 39.8 Å². The van der Waals surface area contributed by atoms with Gasteiger partial charge in [-0.1, -0.05) is 34.1 Å². The van der Waals surface area contributed by atoms with Crippen molar-refractivity contribution in [1.82, 2.24) is 4.31 Å². The number of hydrogen-bond acceptors (Lipinski definition) is 5. The molecule has 0 radical (unpaired) electrons. The molecule has 3 atom stereocenters. The number of rotatable bonds is 5. The summed E-state index contributed by atoms with van der Waals surface area (Å²) in [5.74, 6) is -0.725. The van der Waals surface area contributed by atoms with Gasteiger partial charge in [-0.15, -0.1) is 0 Å². The number of sulfonamides is 1. The molecule has 0 aliphatic carbocycles. The number of esters is 1. The normalized spacial score (nSPS) is 25.1. The van der Waals surface area contributed by atoms with Gasteiger partial charge in [0.2, 0.25) is 10.0 Å². The first-order chi connectivity index (χ1) is 11.6. The van der Waals surface area contributed by atoms with E-state index in [9.17, 15) is 18.3 Å². The number of benzene rings is 1. The van der Waals surface area contributed by atoms with E-state index in [0.717, 1.165) is 4.31 Å². The maximum atomic E-state index is 13.1. The standard InChI is InChI=1S/C17H24BrNO5S/c1-17(2,3)24-16(21)15-14(20)11-12(9-10-18)19(15)25(22,23)13-7-5-4-6-8-13/h4-8,12,14-15,20H,9-11H2,1-3H3/t12-,14+,15-/m1/s1. The van der Waals surface area contributed by atoms with Crippen molar-refractivity contribution in [1.29, 1.82) is 0 Å². The van der Waals surface area contributed by atoms with Crippen LogP contribution in [-0.4, -0.2) is 52.9 Å². The summed E-state index contributed by atoms with van der Waals surface area (Å²) in [6.45, 7) is 5.12. The van der Waals surface area contributed by atoms with Crippen molar-refractivity contribution >= 4 is 31.9 Å². The number of hydrogen-bond donors (Lipinski definition) is 1. The van der Waals surface area contributed by atoms with Crippen molar-refractivity contribution in [3.05, 3.63) is 30.3 Å². The Morgan fingerprint density at radius 3 is 2.44 bits per heavy atom. The molecule has 6 nitrogen and oxygen atoms in total. The fourth-order valence-corrected chi connectivity index (χ4v) is 5.34. The van der Waals surface area contributed by atoms with E-state index in [-0.39, 0.29) is 11.3 Å². The molecule has 1 saturated heterocycles. The number of aliphatic hydroxyl groups is 1. The minimum absolute atomic E-state index is 0.0947. The Morgan fingerprint density at radius 1 is 1.32 bits per heavy atom. The Labute approximate surface area is 157 Å². The van der Waals surface area contributed by atoms with Crippen LogP contribution in [0, 0.1) is 0 Å². The van der Waals surface area contributed by atoms with Gasteiger partial charge in [0.1, 0.15) is 11.6 Å². The minimum atomic E-state index is -3.94. The maximum Gasteiger partial charge on any atom is 0.327 e. The van der Waals surface area contributed by atoms with Crippen LogP contribution in [0.1, 0.15) is 33.6 Å². The second-order valence-corrected chi connectivity index (χ2v) is 9.70. The predicted octanol–water partition coefficient (Wildman–Crippen LogP) is 2.31.